The zero-order valence-corrected chi connectivity index (χ0v) is 20.8. The number of aromatic nitrogens is 3. The Morgan fingerprint density at radius 1 is 1.18 bits per heavy atom. The Morgan fingerprint density at radius 3 is 2.52 bits per heavy atom. The molecule has 0 atom stereocenters. The standard InChI is InChI=1S/C24H27ClN4O3S/c1-14-15(2)28-29(4)23(31)19(14)22-27-16(3)20(33-22)21(30)26-13-24(9-11-32-12-10-24)17-5-7-18(25)8-6-17/h5-8H,9-13H2,1-4H3,(H,26,30). The highest BCUT2D eigenvalue weighted by Crippen LogP contribution is 2.35. The van der Waals surface area contributed by atoms with Crippen LogP contribution in [0.2, 0.25) is 5.02 Å². The lowest BCUT2D eigenvalue weighted by atomic mass is 9.74. The summed E-state index contributed by atoms with van der Waals surface area (Å²) in [5.41, 5.74) is 3.36. The highest BCUT2D eigenvalue weighted by atomic mass is 35.5. The van der Waals surface area contributed by atoms with Gasteiger partial charge in [-0.2, -0.15) is 5.10 Å². The van der Waals surface area contributed by atoms with Crippen molar-refractivity contribution in [2.45, 2.75) is 39.0 Å². The number of halogens is 1. The summed E-state index contributed by atoms with van der Waals surface area (Å²) in [7, 11) is 1.62. The van der Waals surface area contributed by atoms with Crippen LogP contribution >= 0.6 is 22.9 Å². The molecule has 2 aromatic heterocycles. The van der Waals surface area contributed by atoms with Crippen LogP contribution in [0, 0.1) is 20.8 Å². The number of aryl methyl sites for hydroxylation is 3. The minimum absolute atomic E-state index is 0.184. The Kier molecular flexibility index (Phi) is 6.70. The summed E-state index contributed by atoms with van der Waals surface area (Å²) in [6, 6.07) is 7.82. The second kappa shape index (κ2) is 9.37. The lowest BCUT2D eigenvalue weighted by molar-refractivity contribution is 0.0487. The zero-order chi connectivity index (χ0) is 23.8. The molecule has 174 valence electrons. The van der Waals surface area contributed by atoms with Crippen molar-refractivity contribution in [1.82, 2.24) is 20.1 Å². The largest absolute Gasteiger partial charge is 0.381 e. The number of hydrogen-bond donors (Lipinski definition) is 1. The topological polar surface area (TPSA) is 86.1 Å². The van der Waals surface area contributed by atoms with E-state index in [4.69, 9.17) is 16.3 Å². The summed E-state index contributed by atoms with van der Waals surface area (Å²) < 4.78 is 6.91. The number of hydrogen-bond acceptors (Lipinski definition) is 6. The molecule has 7 nitrogen and oxygen atoms in total. The monoisotopic (exact) mass is 486 g/mol. The van der Waals surface area contributed by atoms with E-state index < -0.39 is 0 Å². The molecule has 1 amide bonds. The van der Waals surface area contributed by atoms with E-state index in [-0.39, 0.29) is 16.9 Å². The van der Waals surface area contributed by atoms with Crippen molar-refractivity contribution in [3.8, 4) is 10.6 Å². The van der Waals surface area contributed by atoms with Gasteiger partial charge in [-0.05, 0) is 56.9 Å². The van der Waals surface area contributed by atoms with Crippen LogP contribution in [0.25, 0.3) is 10.6 Å². The van der Waals surface area contributed by atoms with Crippen molar-refractivity contribution in [3.05, 3.63) is 67.0 Å². The molecule has 1 N–H and O–H groups in total. The Bertz CT molecular complexity index is 1240. The number of carbonyl (C=O) groups excluding carboxylic acids is 1. The number of nitrogens with zero attached hydrogens (tertiary/aromatic N) is 3. The number of nitrogens with one attached hydrogen (secondary N) is 1. The van der Waals surface area contributed by atoms with Crippen LogP contribution in [0.15, 0.2) is 29.1 Å². The van der Waals surface area contributed by atoms with Crippen molar-refractivity contribution in [1.29, 1.82) is 0 Å². The lowest BCUT2D eigenvalue weighted by Gasteiger charge is -2.38. The number of benzene rings is 1. The van der Waals surface area contributed by atoms with Crippen molar-refractivity contribution < 1.29 is 9.53 Å². The fraction of sp³-hybridized carbons (Fsp3) is 0.417. The molecule has 3 aromatic rings. The summed E-state index contributed by atoms with van der Waals surface area (Å²) in [6.07, 6.45) is 1.63. The van der Waals surface area contributed by atoms with Crippen LogP contribution in [-0.2, 0) is 17.2 Å². The van der Waals surface area contributed by atoms with Crippen molar-refractivity contribution in [2.75, 3.05) is 19.8 Å². The average molecular weight is 487 g/mol. The molecule has 0 aliphatic carbocycles. The lowest BCUT2D eigenvalue weighted by Crippen LogP contribution is -2.44. The van der Waals surface area contributed by atoms with E-state index in [1.165, 1.54) is 16.0 Å². The number of rotatable bonds is 5. The van der Waals surface area contributed by atoms with Gasteiger partial charge in [0.1, 0.15) is 9.88 Å². The molecule has 1 aromatic carbocycles. The van der Waals surface area contributed by atoms with Crippen LogP contribution in [-0.4, -0.2) is 40.4 Å². The Morgan fingerprint density at radius 2 is 1.85 bits per heavy atom. The smallest absolute Gasteiger partial charge is 0.277 e. The number of thiazole rings is 1. The maximum atomic E-state index is 13.2. The Labute approximate surface area is 201 Å². The maximum Gasteiger partial charge on any atom is 0.277 e. The van der Waals surface area contributed by atoms with Crippen LogP contribution < -0.4 is 10.9 Å². The van der Waals surface area contributed by atoms with E-state index in [1.807, 2.05) is 38.1 Å². The summed E-state index contributed by atoms with van der Waals surface area (Å²) in [5, 5.41) is 8.58. The second-order valence-corrected chi connectivity index (χ2v) is 9.97. The Hall–Kier alpha value is -2.55. The van der Waals surface area contributed by atoms with Gasteiger partial charge in [-0.3, -0.25) is 9.59 Å². The fourth-order valence-electron chi connectivity index (χ4n) is 4.28. The van der Waals surface area contributed by atoms with Gasteiger partial charge in [-0.1, -0.05) is 23.7 Å². The van der Waals surface area contributed by atoms with Gasteiger partial charge in [-0.25, -0.2) is 9.67 Å². The van der Waals surface area contributed by atoms with Gasteiger partial charge in [0.05, 0.1) is 17.0 Å². The van der Waals surface area contributed by atoms with E-state index in [1.54, 1.807) is 14.0 Å². The van der Waals surface area contributed by atoms with Gasteiger partial charge >= 0.3 is 0 Å². The van der Waals surface area contributed by atoms with Gasteiger partial charge < -0.3 is 10.1 Å². The quantitative estimate of drug-likeness (QED) is 0.590. The average Bonchev–Trinajstić information content (AvgIpc) is 3.18. The Balaban J connectivity index is 1.60. The van der Waals surface area contributed by atoms with E-state index in [2.05, 4.69) is 15.4 Å². The van der Waals surface area contributed by atoms with Gasteiger partial charge in [-0.15, -0.1) is 11.3 Å². The van der Waals surface area contributed by atoms with Crippen molar-refractivity contribution in [3.63, 3.8) is 0 Å². The molecule has 0 spiro atoms. The van der Waals surface area contributed by atoms with Crippen LogP contribution in [0.4, 0.5) is 0 Å². The first-order chi connectivity index (χ1) is 15.7. The summed E-state index contributed by atoms with van der Waals surface area (Å²) in [4.78, 5) is 31.0. The van der Waals surface area contributed by atoms with Gasteiger partial charge in [0, 0.05) is 37.2 Å². The highest BCUT2D eigenvalue weighted by molar-refractivity contribution is 7.17. The minimum Gasteiger partial charge on any atom is -0.381 e. The third-order valence-corrected chi connectivity index (χ3v) is 7.86. The van der Waals surface area contributed by atoms with Gasteiger partial charge in [0.15, 0.2) is 0 Å². The first kappa shape index (κ1) is 23.6. The first-order valence-corrected chi connectivity index (χ1v) is 12.1. The predicted molar refractivity (Wildman–Crippen MR) is 130 cm³/mol. The van der Waals surface area contributed by atoms with Crippen molar-refractivity contribution in [2.24, 2.45) is 7.05 Å². The van der Waals surface area contributed by atoms with Crippen LogP contribution in [0.1, 0.15) is 45.0 Å². The zero-order valence-electron chi connectivity index (χ0n) is 19.2. The molecular formula is C24H27ClN4O3S. The number of carbonyl (C=O) groups is 1. The van der Waals surface area contributed by atoms with E-state index in [9.17, 15) is 9.59 Å². The van der Waals surface area contributed by atoms with E-state index >= 15 is 0 Å². The van der Waals surface area contributed by atoms with Crippen LogP contribution in [0.5, 0.6) is 0 Å². The molecule has 9 heteroatoms. The summed E-state index contributed by atoms with van der Waals surface area (Å²) in [6.45, 7) is 7.29. The normalized spacial score (nSPS) is 15.4. The molecule has 1 aliphatic rings. The molecule has 1 fully saturated rings. The summed E-state index contributed by atoms with van der Waals surface area (Å²) in [5.74, 6) is -0.184. The molecular weight excluding hydrogens is 460 g/mol. The van der Waals surface area contributed by atoms with Crippen molar-refractivity contribution >= 4 is 28.8 Å². The van der Waals surface area contributed by atoms with E-state index in [0.29, 0.717) is 45.9 Å². The molecule has 0 unspecified atom stereocenters. The summed E-state index contributed by atoms with van der Waals surface area (Å²) >= 11 is 7.33. The third-order valence-electron chi connectivity index (χ3n) is 6.44. The minimum atomic E-state index is -0.220. The van der Waals surface area contributed by atoms with Gasteiger partial charge in [0.25, 0.3) is 11.5 Å². The van der Waals surface area contributed by atoms with E-state index in [0.717, 1.165) is 29.7 Å². The predicted octanol–water partition coefficient (Wildman–Crippen LogP) is 3.96. The number of amides is 1. The second-order valence-electron chi connectivity index (χ2n) is 8.53. The molecule has 33 heavy (non-hydrogen) atoms. The molecule has 1 saturated heterocycles. The first-order valence-electron chi connectivity index (χ1n) is 10.9. The SMILES string of the molecule is Cc1nc(-c2c(C)c(C)nn(C)c2=O)sc1C(=O)NCC1(c2ccc(Cl)cc2)CCOCC1. The molecule has 0 saturated carbocycles. The van der Waals surface area contributed by atoms with Gasteiger partial charge in [0.2, 0.25) is 0 Å². The molecule has 4 rings (SSSR count). The number of ether oxygens (including phenoxy) is 1. The highest BCUT2D eigenvalue weighted by Gasteiger charge is 2.35. The molecule has 3 heterocycles. The molecule has 0 bridgehead atoms. The molecule has 1 aliphatic heterocycles. The fourth-order valence-corrected chi connectivity index (χ4v) is 5.48. The maximum absolute atomic E-state index is 13.2. The van der Waals surface area contributed by atoms with Crippen LogP contribution in [0.3, 0.4) is 0 Å². The molecule has 0 radical (unpaired) electrons. The third kappa shape index (κ3) is 4.60.